The lowest BCUT2D eigenvalue weighted by Crippen LogP contribution is -2.34. The molecule has 0 aliphatic heterocycles. The zero-order valence-corrected chi connectivity index (χ0v) is 14.0. The van der Waals surface area contributed by atoms with Crippen LogP contribution in [-0.4, -0.2) is 18.2 Å². The molecule has 22 heavy (non-hydrogen) atoms. The van der Waals surface area contributed by atoms with Crippen molar-refractivity contribution in [3.63, 3.8) is 0 Å². The van der Waals surface area contributed by atoms with Crippen molar-refractivity contribution in [2.75, 3.05) is 6.26 Å². The maximum Gasteiger partial charge on any atom is 0.224 e. The van der Waals surface area contributed by atoms with Crippen molar-refractivity contribution < 1.29 is 4.79 Å². The molecule has 2 aromatic carbocycles. The van der Waals surface area contributed by atoms with Gasteiger partial charge in [0.1, 0.15) is 0 Å². The number of hydrogen-bond donors (Lipinski definition) is 1. The summed E-state index contributed by atoms with van der Waals surface area (Å²) in [5.41, 5.74) is 2.38. The second-order valence-corrected chi connectivity index (χ2v) is 6.40. The van der Waals surface area contributed by atoms with Crippen molar-refractivity contribution >= 4 is 17.7 Å². The van der Waals surface area contributed by atoms with E-state index < -0.39 is 0 Å². The smallest absolute Gasteiger partial charge is 0.224 e. The molecular formula is C19H23NOS. The average Bonchev–Trinajstić information content (AvgIpc) is 2.54. The lowest BCUT2D eigenvalue weighted by atomic mass is 10.1. The van der Waals surface area contributed by atoms with Gasteiger partial charge in [-0.25, -0.2) is 0 Å². The summed E-state index contributed by atoms with van der Waals surface area (Å²) < 4.78 is 0. The minimum absolute atomic E-state index is 0.0949. The Morgan fingerprint density at radius 1 is 1.05 bits per heavy atom. The van der Waals surface area contributed by atoms with Crippen LogP contribution in [-0.2, 0) is 17.6 Å². The van der Waals surface area contributed by atoms with Crippen LogP contribution in [0.2, 0.25) is 0 Å². The predicted octanol–water partition coefficient (Wildman–Crippen LogP) is 4.09. The highest BCUT2D eigenvalue weighted by Gasteiger charge is 2.08. The minimum Gasteiger partial charge on any atom is -0.353 e. The van der Waals surface area contributed by atoms with Crippen molar-refractivity contribution in [2.45, 2.75) is 37.1 Å². The summed E-state index contributed by atoms with van der Waals surface area (Å²) in [7, 11) is 0. The molecule has 0 spiro atoms. The van der Waals surface area contributed by atoms with E-state index in [0.29, 0.717) is 6.42 Å². The maximum atomic E-state index is 12.1. The number of hydrogen-bond acceptors (Lipinski definition) is 2. The van der Waals surface area contributed by atoms with E-state index in [9.17, 15) is 4.79 Å². The summed E-state index contributed by atoms with van der Waals surface area (Å²) in [6, 6.07) is 18.8. The van der Waals surface area contributed by atoms with Gasteiger partial charge in [0.25, 0.3) is 0 Å². The van der Waals surface area contributed by atoms with Crippen LogP contribution in [0.4, 0.5) is 0 Å². The second-order valence-electron chi connectivity index (χ2n) is 5.52. The first-order chi connectivity index (χ1) is 10.7. The van der Waals surface area contributed by atoms with E-state index in [1.54, 1.807) is 11.8 Å². The normalized spacial score (nSPS) is 11.9. The Balaban J connectivity index is 1.75. The van der Waals surface area contributed by atoms with Gasteiger partial charge < -0.3 is 5.32 Å². The molecule has 1 atom stereocenters. The molecule has 1 amide bonds. The largest absolute Gasteiger partial charge is 0.353 e. The van der Waals surface area contributed by atoms with E-state index in [2.05, 4.69) is 54.9 Å². The first-order valence-corrected chi connectivity index (χ1v) is 8.86. The molecule has 0 bridgehead atoms. The lowest BCUT2D eigenvalue weighted by Gasteiger charge is -2.14. The third-order valence-corrected chi connectivity index (χ3v) is 4.38. The van der Waals surface area contributed by atoms with Gasteiger partial charge >= 0.3 is 0 Å². The molecule has 0 radical (unpaired) electrons. The quantitative estimate of drug-likeness (QED) is 0.780. The fourth-order valence-corrected chi connectivity index (χ4v) is 2.76. The van der Waals surface area contributed by atoms with E-state index in [-0.39, 0.29) is 11.9 Å². The molecule has 0 aromatic heterocycles. The van der Waals surface area contributed by atoms with Crippen LogP contribution in [0.25, 0.3) is 0 Å². The summed E-state index contributed by atoms with van der Waals surface area (Å²) >= 11 is 1.71. The molecule has 1 unspecified atom stereocenters. The molecule has 0 saturated carbocycles. The number of nitrogens with one attached hydrogen (secondary N) is 1. The fraction of sp³-hybridized carbons (Fsp3) is 0.316. The molecule has 3 heteroatoms. The van der Waals surface area contributed by atoms with E-state index in [1.807, 2.05) is 18.2 Å². The molecule has 2 nitrogen and oxygen atoms in total. The molecule has 1 N–H and O–H groups in total. The van der Waals surface area contributed by atoms with Gasteiger partial charge in [-0.1, -0.05) is 42.5 Å². The zero-order chi connectivity index (χ0) is 15.8. The average molecular weight is 313 g/mol. The van der Waals surface area contributed by atoms with E-state index in [0.717, 1.165) is 18.4 Å². The summed E-state index contributed by atoms with van der Waals surface area (Å²) in [6.45, 7) is 2.07. The van der Waals surface area contributed by atoms with Gasteiger partial charge in [0, 0.05) is 10.9 Å². The number of carbonyl (C=O) groups excluding carboxylic acids is 1. The molecule has 2 rings (SSSR count). The molecular weight excluding hydrogens is 290 g/mol. The highest BCUT2D eigenvalue weighted by molar-refractivity contribution is 7.98. The van der Waals surface area contributed by atoms with E-state index in [1.165, 1.54) is 10.5 Å². The van der Waals surface area contributed by atoms with Gasteiger partial charge in [-0.05, 0) is 49.3 Å². The van der Waals surface area contributed by atoms with Crippen molar-refractivity contribution in [2.24, 2.45) is 0 Å². The monoisotopic (exact) mass is 313 g/mol. The number of amides is 1. The minimum atomic E-state index is 0.0949. The van der Waals surface area contributed by atoms with Gasteiger partial charge in [-0.3, -0.25) is 4.79 Å². The highest BCUT2D eigenvalue weighted by Crippen LogP contribution is 2.15. The van der Waals surface area contributed by atoms with Crippen molar-refractivity contribution in [1.29, 1.82) is 0 Å². The number of carbonyl (C=O) groups is 1. The van der Waals surface area contributed by atoms with Crippen LogP contribution in [0.15, 0.2) is 59.5 Å². The standard InChI is InChI=1S/C19H23NOS/c1-15(8-9-16-6-4-3-5-7-16)20-19(21)14-17-10-12-18(22-2)13-11-17/h3-7,10-13,15H,8-9,14H2,1-2H3,(H,20,21). The fourth-order valence-electron chi connectivity index (χ4n) is 2.35. The van der Waals surface area contributed by atoms with Gasteiger partial charge in [-0.15, -0.1) is 11.8 Å². The summed E-state index contributed by atoms with van der Waals surface area (Å²) in [5, 5.41) is 3.08. The number of aryl methyl sites for hydroxylation is 1. The van der Waals surface area contributed by atoms with Gasteiger partial charge in [0.05, 0.1) is 6.42 Å². The first kappa shape index (κ1) is 16.6. The van der Waals surface area contributed by atoms with Crippen LogP contribution < -0.4 is 5.32 Å². The second kappa shape index (κ2) is 8.64. The molecule has 0 aliphatic carbocycles. The van der Waals surface area contributed by atoms with Crippen LogP contribution >= 0.6 is 11.8 Å². The van der Waals surface area contributed by atoms with Crippen LogP contribution in [0.1, 0.15) is 24.5 Å². The highest BCUT2D eigenvalue weighted by atomic mass is 32.2. The summed E-state index contributed by atoms with van der Waals surface area (Å²) in [4.78, 5) is 13.3. The SMILES string of the molecule is CSc1ccc(CC(=O)NC(C)CCc2ccccc2)cc1. The van der Waals surface area contributed by atoms with Crippen LogP contribution in [0.5, 0.6) is 0 Å². The van der Waals surface area contributed by atoms with Crippen LogP contribution in [0.3, 0.4) is 0 Å². The maximum absolute atomic E-state index is 12.1. The molecule has 0 fully saturated rings. The number of thioether (sulfide) groups is 1. The number of benzene rings is 2. The number of rotatable bonds is 7. The van der Waals surface area contributed by atoms with Crippen LogP contribution in [0, 0.1) is 0 Å². The molecule has 0 saturated heterocycles. The zero-order valence-electron chi connectivity index (χ0n) is 13.2. The Morgan fingerprint density at radius 3 is 2.36 bits per heavy atom. The molecule has 2 aromatic rings. The molecule has 0 aliphatic rings. The Bertz CT molecular complexity index is 580. The van der Waals surface area contributed by atoms with Crippen molar-refractivity contribution in [1.82, 2.24) is 5.32 Å². The molecule has 116 valence electrons. The van der Waals surface area contributed by atoms with Gasteiger partial charge in [0.15, 0.2) is 0 Å². The van der Waals surface area contributed by atoms with Crippen molar-refractivity contribution in [3.05, 3.63) is 65.7 Å². The van der Waals surface area contributed by atoms with Gasteiger partial charge in [0.2, 0.25) is 5.91 Å². The van der Waals surface area contributed by atoms with E-state index >= 15 is 0 Å². The Hall–Kier alpha value is -1.74. The predicted molar refractivity (Wildman–Crippen MR) is 94.3 cm³/mol. The third kappa shape index (κ3) is 5.57. The third-order valence-electron chi connectivity index (χ3n) is 3.64. The Morgan fingerprint density at radius 2 is 1.73 bits per heavy atom. The Kier molecular flexibility index (Phi) is 6.53. The Labute approximate surface area is 137 Å². The summed E-state index contributed by atoms with van der Waals surface area (Å²) in [6.07, 6.45) is 4.45. The summed E-state index contributed by atoms with van der Waals surface area (Å²) in [5.74, 6) is 0.0949. The molecule has 0 heterocycles. The topological polar surface area (TPSA) is 29.1 Å². The lowest BCUT2D eigenvalue weighted by molar-refractivity contribution is -0.121. The van der Waals surface area contributed by atoms with Crippen molar-refractivity contribution in [3.8, 4) is 0 Å². The van der Waals surface area contributed by atoms with E-state index in [4.69, 9.17) is 0 Å². The van der Waals surface area contributed by atoms with Gasteiger partial charge in [-0.2, -0.15) is 0 Å². The first-order valence-electron chi connectivity index (χ1n) is 7.63.